The molecule has 1 aromatic carbocycles. The molecule has 0 aliphatic heterocycles. The molecule has 0 atom stereocenters. The lowest BCUT2D eigenvalue weighted by atomic mass is 10.2. The van der Waals surface area contributed by atoms with Crippen molar-refractivity contribution in [3.8, 4) is 23.3 Å². The first kappa shape index (κ1) is 11.0. The molecule has 0 aliphatic rings. The number of rotatable bonds is 2. The Morgan fingerprint density at radius 3 is 2.88 bits per heavy atom. The van der Waals surface area contributed by atoms with Gasteiger partial charge in [0.25, 0.3) is 0 Å². The Hall–Kier alpha value is -2.54. The van der Waals surface area contributed by atoms with Crippen molar-refractivity contribution in [1.29, 1.82) is 5.26 Å². The van der Waals surface area contributed by atoms with Crippen LogP contribution in [0.2, 0.25) is 0 Å². The number of nitrogens with zero attached hydrogens (tertiary/aromatic N) is 2. The molecule has 84 valence electrons. The third-order valence-corrected chi connectivity index (χ3v) is 2.17. The molecule has 2 aromatic rings. The molecule has 0 saturated heterocycles. The van der Waals surface area contributed by atoms with Crippen LogP contribution in [0.25, 0.3) is 0 Å². The summed E-state index contributed by atoms with van der Waals surface area (Å²) in [5, 5.41) is 18.3. The maximum atomic E-state index is 9.44. The van der Waals surface area contributed by atoms with Gasteiger partial charge in [-0.15, -0.1) is 0 Å². The number of hydrogen-bond donors (Lipinski definition) is 1. The van der Waals surface area contributed by atoms with E-state index in [0.717, 1.165) is 5.56 Å². The molecule has 2 rings (SSSR count). The van der Waals surface area contributed by atoms with Crippen LogP contribution < -0.4 is 4.74 Å². The smallest absolute Gasteiger partial charge is 0.163 e. The van der Waals surface area contributed by atoms with Gasteiger partial charge < -0.3 is 9.84 Å². The van der Waals surface area contributed by atoms with Gasteiger partial charge in [-0.05, 0) is 30.7 Å². The fourth-order valence-electron chi connectivity index (χ4n) is 1.47. The molecular weight excluding hydrogens is 216 g/mol. The number of hydrogen-bond acceptors (Lipinski definition) is 4. The van der Waals surface area contributed by atoms with Crippen molar-refractivity contribution in [2.75, 3.05) is 0 Å². The van der Waals surface area contributed by atoms with Crippen LogP contribution in [0, 0.1) is 18.3 Å². The van der Waals surface area contributed by atoms with E-state index in [4.69, 9.17) is 10.00 Å². The summed E-state index contributed by atoms with van der Waals surface area (Å²) < 4.78 is 5.52. The summed E-state index contributed by atoms with van der Waals surface area (Å²) in [6.45, 7) is 1.85. The molecule has 1 aromatic heterocycles. The number of phenols is 1. The van der Waals surface area contributed by atoms with E-state index < -0.39 is 0 Å². The zero-order chi connectivity index (χ0) is 12.3. The second-order valence-corrected chi connectivity index (χ2v) is 3.59. The number of nitriles is 1. The van der Waals surface area contributed by atoms with Gasteiger partial charge in [-0.3, -0.25) is 4.98 Å². The quantitative estimate of drug-likeness (QED) is 0.855. The molecule has 0 spiro atoms. The number of aryl methyl sites for hydroxylation is 1. The maximum Gasteiger partial charge on any atom is 0.163 e. The van der Waals surface area contributed by atoms with Gasteiger partial charge in [0.1, 0.15) is 17.6 Å². The lowest BCUT2D eigenvalue weighted by Crippen LogP contribution is -1.89. The van der Waals surface area contributed by atoms with Gasteiger partial charge in [0.2, 0.25) is 0 Å². The zero-order valence-electron chi connectivity index (χ0n) is 9.21. The molecule has 17 heavy (non-hydrogen) atoms. The minimum atomic E-state index is 0.127. The van der Waals surface area contributed by atoms with Crippen LogP contribution in [-0.4, -0.2) is 10.1 Å². The molecule has 0 amide bonds. The molecule has 0 aliphatic carbocycles. The summed E-state index contributed by atoms with van der Waals surface area (Å²) in [4.78, 5) is 3.90. The predicted molar refractivity (Wildman–Crippen MR) is 61.9 cm³/mol. The molecule has 4 heteroatoms. The third kappa shape index (κ3) is 2.52. The van der Waals surface area contributed by atoms with Gasteiger partial charge in [0.15, 0.2) is 5.75 Å². The van der Waals surface area contributed by atoms with Crippen LogP contribution in [0.15, 0.2) is 36.7 Å². The van der Waals surface area contributed by atoms with Gasteiger partial charge in [0, 0.05) is 12.3 Å². The second kappa shape index (κ2) is 4.54. The van der Waals surface area contributed by atoms with Gasteiger partial charge in [-0.2, -0.15) is 5.26 Å². The minimum Gasteiger partial charge on any atom is -0.508 e. The molecule has 1 N–H and O–H groups in total. The molecule has 0 bridgehead atoms. The average Bonchev–Trinajstić information content (AvgIpc) is 2.28. The number of aromatic hydroxyl groups is 1. The molecular formula is C13H10N2O2. The van der Waals surface area contributed by atoms with Crippen molar-refractivity contribution in [2.24, 2.45) is 0 Å². The summed E-state index contributed by atoms with van der Waals surface area (Å²) in [5.41, 5.74) is 1.28. The highest BCUT2D eigenvalue weighted by molar-refractivity contribution is 5.45. The molecule has 0 saturated carbocycles. The summed E-state index contributed by atoms with van der Waals surface area (Å²) in [6, 6.07) is 8.48. The van der Waals surface area contributed by atoms with Crippen LogP contribution in [0.1, 0.15) is 11.1 Å². The van der Waals surface area contributed by atoms with Crippen molar-refractivity contribution in [1.82, 2.24) is 4.98 Å². The Balaban J connectivity index is 2.35. The van der Waals surface area contributed by atoms with Gasteiger partial charge in [0.05, 0.1) is 11.8 Å². The maximum absolute atomic E-state index is 9.44. The Kier molecular flexibility index (Phi) is 2.93. The fourth-order valence-corrected chi connectivity index (χ4v) is 1.47. The van der Waals surface area contributed by atoms with E-state index in [1.807, 2.05) is 13.0 Å². The first-order valence-corrected chi connectivity index (χ1v) is 5.01. The van der Waals surface area contributed by atoms with E-state index in [-0.39, 0.29) is 5.75 Å². The summed E-state index contributed by atoms with van der Waals surface area (Å²) in [7, 11) is 0. The van der Waals surface area contributed by atoms with Gasteiger partial charge in [-0.25, -0.2) is 0 Å². The van der Waals surface area contributed by atoms with Crippen LogP contribution >= 0.6 is 0 Å². The van der Waals surface area contributed by atoms with Crippen LogP contribution in [-0.2, 0) is 0 Å². The van der Waals surface area contributed by atoms with Crippen molar-refractivity contribution in [3.63, 3.8) is 0 Å². The number of pyridine rings is 1. The lowest BCUT2D eigenvalue weighted by Gasteiger charge is -2.07. The van der Waals surface area contributed by atoms with Crippen molar-refractivity contribution in [2.45, 2.75) is 6.92 Å². The van der Waals surface area contributed by atoms with E-state index >= 15 is 0 Å². The number of aromatic nitrogens is 1. The van der Waals surface area contributed by atoms with E-state index in [0.29, 0.717) is 17.1 Å². The Morgan fingerprint density at radius 2 is 2.18 bits per heavy atom. The first-order chi connectivity index (χ1) is 8.19. The van der Waals surface area contributed by atoms with E-state index in [1.165, 1.54) is 18.5 Å². The van der Waals surface area contributed by atoms with E-state index in [9.17, 15) is 5.11 Å². The largest absolute Gasteiger partial charge is 0.508 e. The summed E-state index contributed by atoms with van der Waals surface area (Å²) >= 11 is 0. The second-order valence-electron chi connectivity index (χ2n) is 3.59. The van der Waals surface area contributed by atoms with Crippen LogP contribution in [0.4, 0.5) is 0 Å². The van der Waals surface area contributed by atoms with Gasteiger partial charge >= 0.3 is 0 Å². The highest BCUT2D eigenvalue weighted by atomic mass is 16.5. The van der Waals surface area contributed by atoms with E-state index in [1.54, 1.807) is 18.2 Å². The van der Waals surface area contributed by atoms with Gasteiger partial charge in [-0.1, -0.05) is 0 Å². The minimum absolute atomic E-state index is 0.127. The highest BCUT2D eigenvalue weighted by Crippen LogP contribution is 2.27. The normalized spacial score (nSPS) is 9.65. The molecule has 0 radical (unpaired) electrons. The molecule has 0 unspecified atom stereocenters. The zero-order valence-corrected chi connectivity index (χ0v) is 9.21. The first-order valence-electron chi connectivity index (χ1n) is 5.01. The monoisotopic (exact) mass is 226 g/mol. The molecule has 4 nitrogen and oxygen atoms in total. The molecule has 1 heterocycles. The highest BCUT2D eigenvalue weighted by Gasteiger charge is 2.05. The van der Waals surface area contributed by atoms with Crippen molar-refractivity contribution in [3.05, 3.63) is 47.8 Å². The average molecular weight is 226 g/mol. The third-order valence-electron chi connectivity index (χ3n) is 2.17. The van der Waals surface area contributed by atoms with Crippen molar-refractivity contribution >= 4 is 0 Å². The number of ether oxygens (including phenoxy) is 1. The summed E-state index contributed by atoms with van der Waals surface area (Å²) in [5.74, 6) is 0.981. The van der Waals surface area contributed by atoms with Crippen LogP contribution in [0.3, 0.4) is 0 Å². The van der Waals surface area contributed by atoms with Crippen LogP contribution in [0.5, 0.6) is 17.2 Å². The lowest BCUT2D eigenvalue weighted by molar-refractivity contribution is 0.453. The standard InChI is InChI=1S/C13H10N2O2/c1-9-4-11(16)6-12(5-9)17-13-8-15-3-2-10(13)7-14/h2-6,8,16H,1H3. The molecule has 0 fully saturated rings. The van der Waals surface area contributed by atoms with E-state index in [2.05, 4.69) is 4.98 Å². The summed E-state index contributed by atoms with van der Waals surface area (Å²) in [6.07, 6.45) is 3.00. The Bertz CT molecular complexity index is 568. The number of phenolic OH excluding ortho intramolecular Hbond substituents is 1. The topological polar surface area (TPSA) is 66.1 Å². The Morgan fingerprint density at radius 1 is 1.35 bits per heavy atom. The Labute approximate surface area is 98.7 Å². The SMILES string of the molecule is Cc1cc(O)cc(Oc2cnccc2C#N)c1. The van der Waals surface area contributed by atoms with Crippen molar-refractivity contribution < 1.29 is 9.84 Å². The predicted octanol–water partition coefficient (Wildman–Crippen LogP) is 2.76. The fraction of sp³-hybridized carbons (Fsp3) is 0.0769. The number of benzene rings is 1.